The van der Waals surface area contributed by atoms with Gasteiger partial charge in [0.05, 0.1) is 11.6 Å². The molecule has 0 saturated heterocycles. The van der Waals surface area contributed by atoms with E-state index < -0.39 is 0 Å². The van der Waals surface area contributed by atoms with Crippen LogP contribution in [0.3, 0.4) is 0 Å². The standard InChI is InChI=1S/C12H13ClN2.ClH/c1-10-14-8-12(7-13)15(10)9-11-5-3-2-4-6-11;/h2-6,8H,7,9H2,1H3;1H. The van der Waals surface area contributed by atoms with Crippen LogP contribution >= 0.6 is 24.0 Å². The summed E-state index contributed by atoms with van der Waals surface area (Å²) in [6.07, 6.45) is 1.84. The molecule has 0 bridgehead atoms. The Morgan fingerprint density at radius 1 is 1.25 bits per heavy atom. The van der Waals surface area contributed by atoms with Crippen molar-refractivity contribution in [3.63, 3.8) is 0 Å². The molecule has 0 fully saturated rings. The van der Waals surface area contributed by atoms with Crippen molar-refractivity contribution in [2.45, 2.75) is 19.3 Å². The number of rotatable bonds is 3. The summed E-state index contributed by atoms with van der Waals surface area (Å²) in [7, 11) is 0. The van der Waals surface area contributed by atoms with Crippen LogP contribution in [0.4, 0.5) is 0 Å². The fourth-order valence-electron chi connectivity index (χ4n) is 1.60. The van der Waals surface area contributed by atoms with E-state index in [4.69, 9.17) is 11.6 Å². The lowest BCUT2D eigenvalue weighted by Gasteiger charge is -2.08. The average molecular weight is 257 g/mol. The van der Waals surface area contributed by atoms with Crippen LogP contribution in [0.2, 0.25) is 0 Å². The van der Waals surface area contributed by atoms with Crippen molar-refractivity contribution >= 4 is 24.0 Å². The van der Waals surface area contributed by atoms with E-state index in [0.717, 1.165) is 18.1 Å². The monoisotopic (exact) mass is 256 g/mol. The SMILES string of the molecule is Cc1ncc(CCl)n1Cc1ccccc1.Cl. The minimum Gasteiger partial charge on any atom is -0.327 e. The molecular formula is C12H14Cl2N2. The maximum absolute atomic E-state index is 5.85. The van der Waals surface area contributed by atoms with Crippen LogP contribution in [0.25, 0.3) is 0 Å². The first-order chi connectivity index (χ1) is 7.31. The fraction of sp³-hybridized carbons (Fsp3) is 0.250. The smallest absolute Gasteiger partial charge is 0.106 e. The number of imidazole rings is 1. The molecule has 2 rings (SSSR count). The van der Waals surface area contributed by atoms with Gasteiger partial charge < -0.3 is 4.57 Å². The fourth-order valence-corrected chi connectivity index (χ4v) is 1.82. The predicted octanol–water partition coefficient (Wildman–Crippen LogP) is 3.40. The number of aromatic nitrogens is 2. The van der Waals surface area contributed by atoms with E-state index in [0.29, 0.717) is 5.88 Å². The van der Waals surface area contributed by atoms with Crippen molar-refractivity contribution in [2.75, 3.05) is 0 Å². The van der Waals surface area contributed by atoms with Gasteiger partial charge in [0.2, 0.25) is 0 Å². The Bertz CT molecular complexity index is 438. The minimum atomic E-state index is 0. The van der Waals surface area contributed by atoms with Crippen molar-refractivity contribution in [3.8, 4) is 0 Å². The number of halogens is 2. The molecule has 0 aliphatic rings. The second-order valence-corrected chi connectivity index (χ2v) is 3.77. The quantitative estimate of drug-likeness (QED) is 0.770. The van der Waals surface area contributed by atoms with E-state index in [-0.39, 0.29) is 12.4 Å². The van der Waals surface area contributed by atoms with E-state index in [1.807, 2.05) is 31.3 Å². The van der Waals surface area contributed by atoms with Gasteiger partial charge in [-0.3, -0.25) is 0 Å². The Morgan fingerprint density at radius 2 is 1.94 bits per heavy atom. The van der Waals surface area contributed by atoms with E-state index in [1.54, 1.807) is 0 Å². The van der Waals surface area contributed by atoms with Crippen molar-refractivity contribution < 1.29 is 0 Å². The molecule has 0 radical (unpaired) electrons. The van der Waals surface area contributed by atoms with Crippen LogP contribution < -0.4 is 0 Å². The average Bonchev–Trinajstić information content (AvgIpc) is 2.62. The van der Waals surface area contributed by atoms with E-state index in [2.05, 4.69) is 21.7 Å². The second-order valence-electron chi connectivity index (χ2n) is 3.50. The zero-order chi connectivity index (χ0) is 10.7. The van der Waals surface area contributed by atoms with Crippen molar-refractivity contribution in [2.24, 2.45) is 0 Å². The van der Waals surface area contributed by atoms with Gasteiger partial charge in [0, 0.05) is 12.7 Å². The summed E-state index contributed by atoms with van der Waals surface area (Å²) in [5, 5.41) is 0. The van der Waals surface area contributed by atoms with Crippen LogP contribution in [0.5, 0.6) is 0 Å². The Labute approximate surface area is 107 Å². The highest BCUT2D eigenvalue weighted by atomic mass is 35.5. The normalized spacial score (nSPS) is 9.88. The Hall–Kier alpha value is -0.990. The lowest BCUT2D eigenvalue weighted by Crippen LogP contribution is -2.05. The number of alkyl halides is 1. The molecule has 1 aromatic heterocycles. The summed E-state index contributed by atoms with van der Waals surface area (Å²) in [5.41, 5.74) is 2.34. The largest absolute Gasteiger partial charge is 0.327 e. The van der Waals surface area contributed by atoms with Gasteiger partial charge in [-0.15, -0.1) is 24.0 Å². The molecule has 4 heteroatoms. The van der Waals surface area contributed by atoms with Gasteiger partial charge in [0.1, 0.15) is 5.82 Å². The summed E-state index contributed by atoms with van der Waals surface area (Å²) >= 11 is 5.85. The first-order valence-electron chi connectivity index (χ1n) is 4.92. The third-order valence-electron chi connectivity index (χ3n) is 2.46. The molecule has 0 aliphatic carbocycles. The number of hydrogen-bond donors (Lipinski definition) is 0. The maximum Gasteiger partial charge on any atom is 0.106 e. The number of benzene rings is 1. The third kappa shape index (κ3) is 2.77. The van der Waals surface area contributed by atoms with Gasteiger partial charge in [-0.05, 0) is 12.5 Å². The molecule has 0 saturated carbocycles. The molecule has 86 valence electrons. The van der Waals surface area contributed by atoms with Gasteiger partial charge in [-0.2, -0.15) is 0 Å². The molecule has 0 N–H and O–H groups in total. The third-order valence-corrected chi connectivity index (χ3v) is 2.73. The van der Waals surface area contributed by atoms with Crippen LogP contribution in [0, 0.1) is 6.92 Å². The molecule has 2 nitrogen and oxygen atoms in total. The molecular weight excluding hydrogens is 243 g/mol. The molecule has 0 aliphatic heterocycles. The molecule has 0 amide bonds. The van der Waals surface area contributed by atoms with E-state index in [1.165, 1.54) is 5.56 Å². The minimum absolute atomic E-state index is 0. The van der Waals surface area contributed by atoms with Crippen molar-refractivity contribution in [3.05, 3.63) is 53.6 Å². The van der Waals surface area contributed by atoms with Gasteiger partial charge in [-0.1, -0.05) is 30.3 Å². The van der Waals surface area contributed by atoms with Gasteiger partial charge >= 0.3 is 0 Å². The summed E-state index contributed by atoms with van der Waals surface area (Å²) in [5.74, 6) is 1.52. The molecule has 1 heterocycles. The van der Waals surface area contributed by atoms with Crippen LogP contribution in [0.15, 0.2) is 36.5 Å². The molecule has 0 atom stereocenters. The van der Waals surface area contributed by atoms with Crippen LogP contribution in [-0.2, 0) is 12.4 Å². The van der Waals surface area contributed by atoms with Gasteiger partial charge in [-0.25, -0.2) is 4.98 Å². The zero-order valence-electron chi connectivity index (χ0n) is 9.06. The molecule has 2 aromatic rings. The Balaban J connectivity index is 0.00000128. The maximum atomic E-state index is 5.85. The van der Waals surface area contributed by atoms with Crippen LogP contribution in [-0.4, -0.2) is 9.55 Å². The molecule has 0 unspecified atom stereocenters. The van der Waals surface area contributed by atoms with E-state index >= 15 is 0 Å². The first kappa shape index (κ1) is 13.1. The van der Waals surface area contributed by atoms with Gasteiger partial charge in [0.25, 0.3) is 0 Å². The lowest BCUT2D eigenvalue weighted by molar-refractivity contribution is 0.734. The molecule has 16 heavy (non-hydrogen) atoms. The second kappa shape index (κ2) is 5.92. The molecule has 0 spiro atoms. The van der Waals surface area contributed by atoms with Gasteiger partial charge in [0.15, 0.2) is 0 Å². The number of hydrogen-bond acceptors (Lipinski definition) is 1. The highest BCUT2D eigenvalue weighted by molar-refractivity contribution is 6.16. The summed E-state index contributed by atoms with van der Waals surface area (Å²) < 4.78 is 2.14. The highest BCUT2D eigenvalue weighted by Gasteiger charge is 2.05. The van der Waals surface area contributed by atoms with Crippen LogP contribution in [0.1, 0.15) is 17.1 Å². The summed E-state index contributed by atoms with van der Waals surface area (Å²) in [6.45, 7) is 2.84. The summed E-state index contributed by atoms with van der Waals surface area (Å²) in [6, 6.07) is 10.3. The number of nitrogens with zero attached hydrogens (tertiary/aromatic N) is 2. The molecule has 1 aromatic carbocycles. The summed E-state index contributed by atoms with van der Waals surface area (Å²) in [4.78, 5) is 4.26. The van der Waals surface area contributed by atoms with Crippen molar-refractivity contribution in [1.29, 1.82) is 0 Å². The zero-order valence-corrected chi connectivity index (χ0v) is 10.6. The predicted molar refractivity (Wildman–Crippen MR) is 69.3 cm³/mol. The first-order valence-corrected chi connectivity index (χ1v) is 5.45. The highest BCUT2D eigenvalue weighted by Crippen LogP contribution is 2.11. The van der Waals surface area contributed by atoms with E-state index in [9.17, 15) is 0 Å². The Kier molecular flexibility index (Phi) is 4.84. The van der Waals surface area contributed by atoms with Crippen molar-refractivity contribution in [1.82, 2.24) is 9.55 Å². The lowest BCUT2D eigenvalue weighted by atomic mass is 10.2. The number of aryl methyl sites for hydroxylation is 1. The Morgan fingerprint density at radius 3 is 2.56 bits per heavy atom. The topological polar surface area (TPSA) is 17.8 Å².